The van der Waals surface area contributed by atoms with Crippen molar-refractivity contribution in [2.45, 2.75) is 46.5 Å². The Kier molecular flexibility index (Phi) is 4.55. The molecule has 1 aromatic rings. The molecule has 0 saturated heterocycles. The third kappa shape index (κ3) is 2.85. The molecule has 3 nitrogen and oxygen atoms in total. The number of Topliss-reactive ketones (excluding diaryl/α,β-unsaturated/α-hetero) is 1. The molecule has 0 heterocycles. The van der Waals surface area contributed by atoms with E-state index >= 15 is 0 Å². The lowest BCUT2D eigenvalue weighted by Gasteiger charge is -2.38. The van der Waals surface area contributed by atoms with Crippen molar-refractivity contribution in [3.05, 3.63) is 46.5 Å². The first kappa shape index (κ1) is 16.5. The molecule has 0 aromatic heterocycles. The van der Waals surface area contributed by atoms with Gasteiger partial charge in [-0.25, -0.2) is 0 Å². The van der Waals surface area contributed by atoms with Crippen LogP contribution in [0.4, 0.5) is 0 Å². The van der Waals surface area contributed by atoms with Crippen molar-refractivity contribution in [2.75, 3.05) is 0 Å². The molecule has 22 heavy (non-hydrogen) atoms. The molecule has 1 N–H and O–H groups in total. The van der Waals surface area contributed by atoms with Crippen molar-refractivity contribution in [3.8, 4) is 0 Å². The molecule has 1 saturated carbocycles. The molecule has 3 atom stereocenters. The van der Waals surface area contributed by atoms with Gasteiger partial charge in [0.25, 0.3) is 0 Å². The summed E-state index contributed by atoms with van der Waals surface area (Å²) >= 11 is 0. The van der Waals surface area contributed by atoms with Gasteiger partial charge in [0, 0.05) is 11.8 Å². The van der Waals surface area contributed by atoms with Crippen LogP contribution in [0.3, 0.4) is 0 Å². The van der Waals surface area contributed by atoms with Crippen LogP contribution in [-0.4, -0.2) is 16.9 Å². The molecule has 0 bridgehead atoms. The van der Waals surface area contributed by atoms with E-state index in [0.717, 1.165) is 27.8 Å². The minimum Gasteiger partial charge on any atom is -0.481 e. The van der Waals surface area contributed by atoms with E-state index in [1.165, 1.54) is 0 Å². The number of carboxylic acid groups (broad SMARTS) is 1. The molecule has 118 valence electrons. The number of ketones is 1. The van der Waals surface area contributed by atoms with Crippen molar-refractivity contribution in [1.82, 2.24) is 0 Å². The van der Waals surface area contributed by atoms with E-state index in [-0.39, 0.29) is 17.6 Å². The third-order valence-electron chi connectivity index (χ3n) is 4.87. The Morgan fingerprint density at radius 3 is 2.18 bits per heavy atom. The van der Waals surface area contributed by atoms with Crippen LogP contribution in [0.2, 0.25) is 0 Å². The molecule has 0 aliphatic heterocycles. The Balaban J connectivity index is 2.65. The number of aryl methyl sites for hydroxylation is 3. The molecular weight excluding hydrogens is 276 g/mol. The molecule has 1 aromatic carbocycles. The Morgan fingerprint density at radius 2 is 1.73 bits per heavy atom. The molecule has 1 fully saturated rings. The second-order valence-electron chi connectivity index (χ2n) is 6.57. The largest absolute Gasteiger partial charge is 0.481 e. The second-order valence-corrected chi connectivity index (χ2v) is 6.57. The van der Waals surface area contributed by atoms with Crippen LogP contribution in [0.25, 0.3) is 0 Å². The summed E-state index contributed by atoms with van der Waals surface area (Å²) < 4.78 is 0. The summed E-state index contributed by atoms with van der Waals surface area (Å²) in [6, 6.07) is 4.13. The highest BCUT2D eigenvalue weighted by molar-refractivity contribution is 5.83. The van der Waals surface area contributed by atoms with Gasteiger partial charge in [-0.2, -0.15) is 0 Å². The highest BCUT2D eigenvalue weighted by Gasteiger charge is 2.43. The Bertz CT molecular complexity index is 619. The van der Waals surface area contributed by atoms with Crippen LogP contribution in [0.1, 0.15) is 47.9 Å². The van der Waals surface area contributed by atoms with Crippen LogP contribution in [0.15, 0.2) is 24.3 Å². The first-order chi connectivity index (χ1) is 10.2. The van der Waals surface area contributed by atoms with E-state index < -0.39 is 11.9 Å². The van der Waals surface area contributed by atoms with Crippen LogP contribution >= 0.6 is 0 Å². The van der Waals surface area contributed by atoms with Crippen LogP contribution < -0.4 is 0 Å². The summed E-state index contributed by atoms with van der Waals surface area (Å²) in [5.41, 5.74) is 5.03. The van der Waals surface area contributed by atoms with Gasteiger partial charge in [-0.15, -0.1) is 0 Å². The van der Waals surface area contributed by atoms with Gasteiger partial charge in [0.15, 0.2) is 0 Å². The van der Waals surface area contributed by atoms with Gasteiger partial charge in [-0.1, -0.05) is 29.8 Å². The monoisotopic (exact) mass is 300 g/mol. The zero-order chi connectivity index (χ0) is 16.6. The molecular formula is C19H24O3. The average molecular weight is 300 g/mol. The topological polar surface area (TPSA) is 54.4 Å². The van der Waals surface area contributed by atoms with Crippen LogP contribution in [0, 0.1) is 32.6 Å². The van der Waals surface area contributed by atoms with Crippen molar-refractivity contribution in [1.29, 1.82) is 0 Å². The fourth-order valence-corrected chi connectivity index (χ4v) is 4.03. The summed E-state index contributed by atoms with van der Waals surface area (Å²) in [4.78, 5) is 24.0. The summed E-state index contributed by atoms with van der Waals surface area (Å²) in [6.07, 6.45) is 1.30. The maximum atomic E-state index is 12.1. The maximum absolute atomic E-state index is 12.1. The highest BCUT2D eigenvalue weighted by atomic mass is 16.4. The average Bonchev–Trinajstić information content (AvgIpc) is 2.36. The summed E-state index contributed by atoms with van der Waals surface area (Å²) in [7, 11) is 0. The predicted octanol–water partition coefficient (Wildman–Crippen LogP) is 3.95. The van der Waals surface area contributed by atoms with Gasteiger partial charge >= 0.3 is 5.97 Å². The van der Waals surface area contributed by atoms with Crippen molar-refractivity contribution >= 4 is 11.8 Å². The number of benzene rings is 1. The summed E-state index contributed by atoms with van der Waals surface area (Å²) in [5, 5.41) is 9.70. The fourth-order valence-electron chi connectivity index (χ4n) is 4.03. The molecule has 2 rings (SSSR count). The lowest BCUT2D eigenvalue weighted by molar-refractivity contribution is -0.142. The smallest absolute Gasteiger partial charge is 0.311 e. The van der Waals surface area contributed by atoms with E-state index in [4.69, 9.17) is 0 Å². The van der Waals surface area contributed by atoms with E-state index in [9.17, 15) is 14.7 Å². The molecule has 3 heteroatoms. The molecule has 0 spiro atoms. The number of hydrogen-bond acceptors (Lipinski definition) is 2. The van der Waals surface area contributed by atoms with E-state index in [1.54, 1.807) is 6.92 Å². The Hall–Kier alpha value is -1.90. The summed E-state index contributed by atoms with van der Waals surface area (Å²) in [5.74, 6) is -2.03. The SMILES string of the molecule is C=C1CCC(C(C)=O)C(c2c(C)cc(C)cc2C)C1C(=O)O. The molecule has 1 aliphatic carbocycles. The Labute approximate surface area is 132 Å². The lowest BCUT2D eigenvalue weighted by atomic mass is 9.64. The molecule has 0 amide bonds. The van der Waals surface area contributed by atoms with Gasteiger partial charge in [0.05, 0.1) is 5.92 Å². The minimum absolute atomic E-state index is 0.0723. The number of carbonyl (C=O) groups excluding carboxylic acids is 1. The molecule has 0 radical (unpaired) electrons. The molecule has 1 aliphatic rings. The maximum Gasteiger partial charge on any atom is 0.311 e. The van der Waals surface area contributed by atoms with Crippen LogP contribution in [0.5, 0.6) is 0 Å². The first-order valence-corrected chi connectivity index (χ1v) is 7.72. The minimum atomic E-state index is -0.875. The van der Waals surface area contributed by atoms with E-state index in [2.05, 4.69) is 18.7 Å². The van der Waals surface area contributed by atoms with Gasteiger partial charge in [-0.05, 0) is 57.2 Å². The van der Waals surface area contributed by atoms with Crippen molar-refractivity contribution in [3.63, 3.8) is 0 Å². The third-order valence-corrected chi connectivity index (χ3v) is 4.87. The second kappa shape index (κ2) is 6.07. The molecule has 3 unspecified atom stereocenters. The van der Waals surface area contributed by atoms with Gasteiger partial charge in [0.2, 0.25) is 0 Å². The number of aliphatic carboxylic acids is 1. The fraction of sp³-hybridized carbons (Fsp3) is 0.474. The first-order valence-electron chi connectivity index (χ1n) is 7.72. The van der Waals surface area contributed by atoms with Gasteiger partial charge in [-0.3, -0.25) is 9.59 Å². The van der Waals surface area contributed by atoms with E-state index in [1.807, 2.05) is 20.8 Å². The lowest BCUT2D eigenvalue weighted by Crippen LogP contribution is -2.37. The quantitative estimate of drug-likeness (QED) is 0.860. The predicted molar refractivity (Wildman–Crippen MR) is 87.1 cm³/mol. The van der Waals surface area contributed by atoms with Gasteiger partial charge in [0.1, 0.15) is 5.78 Å². The number of rotatable bonds is 3. The number of hydrogen-bond donors (Lipinski definition) is 1. The van der Waals surface area contributed by atoms with E-state index in [0.29, 0.717) is 12.8 Å². The van der Waals surface area contributed by atoms with Crippen LogP contribution in [-0.2, 0) is 9.59 Å². The zero-order valence-electron chi connectivity index (χ0n) is 13.8. The Morgan fingerprint density at radius 1 is 1.18 bits per heavy atom. The highest BCUT2D eigenvalue weighted by Crippen LogP contribution is 2.46. The number of carbonyl (C=O) groups is 2. The number of carboxylic acids is 1. The van der Waals surface area contributed by atoms with Crippen molar-refractivity contribution in [2.24, 2.45) is 11.8 Å². The summed E-state index contributed by atoms with van der Waals surface area (Å²) in [6.45, 7) is 11.6. The normalized spacial score (nSPS) is 25.1. The standard InChI is InChI=1S/C19H24O3/c1-10-8-12(3)16(13(4)9-10)18-15(14(5)20)7-6-11(2)17(18)19(21)22/h8-9,15,17-18H,2,6-7H2,1,3-5H3,(H,21,22). The zero-order valence-corrected chi connectivity index (χ0v) is 13.8. The van der Waals surface area contributed by atoms with Crippen molar-refractivity contribution < 1.29 is 14.7 Å². The van der Waals surface area contributed by atoms with Gasteiger partial charge < -0.3 is 5.11 Å².